The predicted octanol–water partition coefficient (Wildman–Crippen LogP) is 2.89. The fourth-order valence-corrected chi connectivity index (χ4v) is 2.94. The molecule has 0 amide bonds. The minimum absolute atomic E-state index is 0.538. The minimum Gasteiger partial charge on any atom is -0.492 e. The van der Waals surface area contributed by atoms with Crippen LogP contribution in [-0.4, -0.2) is 31.1 Å². The highest BCUT2D eigenvalue weighted by Crippen LogP contribution is 2.24. The van der Waals surface area contributed by atoms with Crippen LogP contribution in [0.4, 0.5) is 0 Å². The van der Waals surface area contributed by atoms with Crippen LogP contribution in [0.1, 0.15) is 32.3 Å². The van der Waals surface area contributed by atoms with Gasteiger partial charge in [0.2, 0.25) is 0 Å². The Kier molecular flexibility index (Phi) is 5.86. The molecule has 2 rings (SSSR count). The van der Waals surface area contributed by atoms with Crippen LogP contribution < -0.4 is 10.5 Å². The summed E-state index contributed by atoms with van der Waals surface area (Å²) in [4.78, 5) is 2.52. The average Bonchev–Trinajstić information content (AvgIpc) is 2.48. The van der Waals surface area contributed by atoms with Gasteiger partial charge in [0.1, 0.15) is 12.4 Å². The Hall–Kier alpha value is -1.06. The van der Waals surface area contributed by atoms with Gasteiger partial charge in [-0.25, -0.2) is 0 Å². The molecule has 1 fully saturated rings. The van der Waals surface area contributed by atoms with Crippen molar-refractivity contribution in [2.75, 3.05) is 26.2 Å². The fraction of sp³-hybridized carbons (Fsp3) is 0.647. The van der Waals surface area contributed by atoms with Gasteiger partial charge in [0.05, 0.1) is 0 Å². The fourth-order valence-electron chi connectivity index (χ4n) is 2.94. The van der Waals surface area contributed by atoms with E-state index in [-0.39, 0.29) is 0 Å². The van der Waals surface area contributed by atoms with E-state index in [9.17, 15) is 0 Å². The molecule has 1 aliphatic rings. The number of hydrogen-bond acceptors (Lipinski definition) is 3. The molecular formula is C17H28N2O. The van der Waals surface area contributed by atoms with Gasteiger partial charge >= 0.3 is 0 Å². The SMILES string of the molecule is CC(C)C1CCN(CCOc2ccccc2CN)CC1. The van der Waals surface area contributed by atoms with E-state index in [1.165, 1.54) is 25.9 Å². The van der Waals surface area contributed by atoms with Crippen LogP contribution in [-0.2, 0) is 6.54 Å². The molecule has 20 heavy (non-hydrogen) atoms. The molecule has 0 saturated carbocycles. The summed E-state index contributed by atoms with van der Waals surface area (Å²) in [6, 6.07) is 8.05. The largest absolute Gasteiger partial charge is 0.492 e. The molecule has 1 aliphatic heterocycles. The summed E-state index contributed by atoms with van der Waals surface area (Å²) in [5, 5.41) is 0. The molecule has 1 heterocycles. The summed E-state index contributed by atoms with van der Waals surface area (Å²) in [5.74, 6) is 2.67. The van der Waals surface area contributed by atoms with Crippen molar-refractivity contribution in [3.05, 3.63) is 29.8 Å². The van der Waals surface area contributed by atoms with Gasteiger partial charge in [-0.05, 0) is 43.8 Å². The minimum atomic E-state index is 0.538. The number of piperidine rings is 1. The Morgan fingerprint density at radius 3 is 2.60 bits per heavy atom. The average molecular weight is 276 g/mol. The zero-order valence-electron chi connectivity index (χ0n) is 12.8. The number of rotatable bonds is 6. The van der Waals surface area contributed by atoms with E-state index >= 15 is 0 Å². The number of para-hydroxylation sites is 1. The molecule has 0 atom stereocenters. The maximum Gasteiger partial charge on any atom is 0.123 e. The van der Waals surface area contributed by atoms with Crippen LogP contribution in [0.3, 0.4) is 0 Å². The van der Waals surface area contributed by atoms with Crippen LogP contribution in [0.25, 0.3) is 0 Å². The molecule has 0 spiro atoms. The topological polar surface area (TPSA) is 38.5 Å². The molecule has 112 valence electrons. The van der Waals surface area contributed by atoms with Gasteiger partial charge in [-0.2, -0.15) is 0 Å². The van der Waals surface area contributed by atoms with E-state index in [0.717, 1.165) is 36.3 Å². The van der Waals surface area contributed by atoms with E-state index in [4.69, 9.17) is 10.5 Å². The molecule has 0 unspecified atom stereocenters. The third-order valence-electron chi connectivity index (χ3n) is 4.43. The van der Waals surface area contributed by atoms with Gasteiger partial charge in [0.25, 0.3) is 0 Å². The van der Waals surface area contributed by atoms with Crippen molar-refractivity contribution in [2.24, 2.45) is 17.6 Å². The lowest BCUT2D eigenvalue weighted by atomic mass is 9.87. The number of hydrogen-bond donors (Lipinski definition) is 1. The summed E-state index contributed by atoms with van der Waals surface area (Å²) in [7, 11) is 0. The van der Waals surface area contributed by atoms with Crippen LogP contribution in [0.5, 0.6) is 5.75 Å². The number of likely N-dealkylation sites (tertiary alicyclic amines) is 1. The van der Waals surface area contributed by atoms with E-state index in [0.29, 0.717) is 6.54 Å². The Morgan fingerprint density at radius 2 is 1.95 bits per heavy atom. The molecule has 3 nitrogen and oxygen atoms in total. The van der Waals surface area contributed by atoms with Crippen LogP contribution in [0, 0.1) is 11.8 Å². The van der Waals surface area contributed by atoms with Crippen LogP contribution >= 0.6 is 0 Å². The standard InChI is InChI=1S/C17H28N2O/c1-14(2)15-7-9-19(10-8-15)11-12-20-17-6-4-3-5-16(17)13-18/h3-6,14-15H,7-13,18H2,1-2H3. The molecule has 0 bridgehead atoms. The summed E-state index contributed by atoms with van der Waals surface area (Å²) in [6.07, 6.45) is 2.66. The maximum atomic E-state index is 5.88. The third kappa shape index (κ3) is 4.22. The smallest absolute Gasteiger partial charge is 0.123 e. The molecule has 0 radical (unpaired) electrons. The quantitative estimate of drug-likeness (QED) is 0.868. The van der Waals surface area contributed by atoms with Crippen molar-refractivity contribution in [1.82, 2.24) is 4.90 Å². The molecule has 3 heteroatoms. The molecular weight excluding hydrogens is 248 g/mol. The van der Waals surface area contributed by atoms with Gasteiger partial charge < -0.3 is 10.5 Å². The van der Waals surface area contributed by atoms with Crippen LogP contribution in [0.15, 0.2) is 24.3 Å². The number of benzene rings is 1. The Balaban J connectivity index is 1.72. The summed E-state index contributed by atoms with van der Waals surface area (Å²) >= 11 is 0. The van der Waals surface area contributed by atoms with Crippen molar-refractivity contribution in [1.29, 1.82) is 0 Å². The van der Waals surface area contributed by atoms with Crippen molar-refractivity contribution >= 4 is 0 Å². The maximum absolute atomic E-state index is 5.88. The van der Waals surface area contributed by atoms with Crippen molar-refractivity contribution in [2.45, 2.75) is 33.2 Å². The van der Waals surface area contributed by atoms with Gasteiger partial charge in [-0.1, -0.05) is 32.0 Å². The Labute approximate surface area is 123 Å². The van der Waals surface area contributed by atoms with Gasteiger partial charge in [-0.3, -0.25) is 4.90 Å². The second-order valence-electron chi connectivity index (χ2n) is 6.08. The lowest BCUT2D eigenvalue weighted by Gasteiger charge is -2.33. The van der Waals surface area contributed by atoms with Crippen molar-refractivity contribution in [3.63, 3.8) is 0 Å². The summed E-state index contributed by atoms with van der Waals surface area (Å²) in [6.45, 7) is 9.42. The third-order valence-corrected chi connectivity index (χ3v) is 4.43. The van der Waals surface area contributed by atoms with E-state index in [2.05, 4.69) is 18.7 Å². The monoisotopic (exact) mass is 276 g/mol. The number of nitrogens with two attached hydrogens (primary N) is 1. The number of ether oxygens (including phenoxy) is 1. The van der Waals surface area contributed by atoms with Gasteiger partial charge in [0, 0.05) is 18.7 Å². The summed E-state index contributed by atoms with van der Waals surface area (Å²) in [5.41, 5.74) is 6.81. The zero-order valence-corrected chi connectivity index (χ0v) is 12.8. The first-order valence-corrected chi connectivity index (χ1v) is 7.84. The molecule has 0 aliphatic carbocycles. The first kappa shape index (κ1) is 15.3. The van der Waals surface area contributed by atoms with Gasteiger partial charge in [-0.15, -0.1) is 0 Å². The Morgan fingerprint density at radius 1 is 1.25 bits per heavy atom. The molecule has 1 aromatic carbocycles. The van der Waals surface area contributed by atoms with E-state index in [1.54, 1.807) is 0 Å². The second kappa shape index (κ2) is 7.65. The highest BCUT2D eigenvalue weighted by atomic mass is 16.5. The first-order chi connectivity index (χ1) is 9.70. The normalized spacial score (nSPS) is 17.6. The second-order valence-corrected chi connectivity index (χ2v) is 6.08. The molecule has 0 aromatic heterocycles. The lowest BCUT2D eigenvalue weighted by molar-refractivity contribution is 0.136. The first-order valence-electron chi connectivity index (χ1n) is 7.84. The predicted molar refractivity (Wildman–Crippen MR) is 83.8 cm³/mol. The van der Waals surface area contributed by atoms with Crippen molar-refractivity contribution < 1.29 is 4.74 Å². The van der Waals surface area contributed by atoms with E-state index in [1.807, 2.05) is 24.3 Å². The zero-order chi connectivity index (χ0) is 14.4. The highest BCUT2D eigenvalue weighted by molar-refractivity contribution is 5.32. The number of nitrogens with zero attached hydrogens (tertiary/aromatic N) is 1. The molecule has 2 N–H and O–H groups in total. The van der Waals surface area contributed by atoms with Crippen LogP contribution in [0.2, 0.25) is 0 Å². The highest BCUT2D eigenvalue weighted by Gasteiger charge is 2.21. The summed E-state index contributed by atoms with van der Waals surface area (Å²) < 4.78 is 5.88. The Bertz CT molecular complexity index is 398. The van der Waals surface area contributed by atoms with Gasteiger partial charge in [0.15, 0.2) is 0 Å². The van der Waals surface area contributed by atoms with E-state index < -0.39 is 0 Å². The van der Waals surface area contributed by atoms with Crippen molar-refractivity contribution in [3.8, 4) is 5.75 Å². The lowest BCUT2D eigenvalue weighted by Crippen LogP contribution is -2.37. The molecule has 1 saturated heterocycles. The molecule has 1 aromatic rings.